The Morgan fingerprint density at radius 3 is 2.11 bits per heavy atom. The van der Waals surface area contributed by atoms with Gasteiger partial charge in [0, 0.05) is 34.3 Å². The molecule has 0 spiro atoms. The molecule has 37 heavy (non-hydrogen) atoms. The second kappa shape index (κ2) is 10.7. The van der Waals surface area contributed by atoms with Crippen LogP contribution in [0.5, 0.6) is 0 Å². The third-order valence-electron chi connectivity index (χ3n) is 5.59. The van der Waals surface area contributed by atoms with Crippen molar-refractivity contribution in [3.8, 4) is 0 Å². The molecule has 0 saturated heterocycles. The summed E-state index contributed by atoms with van der Waals surface area (Å²) in [6.07, 6.45) is 0. The Kier molecular flexibility index (Phi) is 7.93. The second-order valence-corrected chi connectivity index (χ2v) is 11.1. The van der Waals surface area contributed by atoms with Crippen LogP contribution in [0.15, 0.2) is 54.6 Å². The fraction of sp³-hybridized carbons (Fsp3) is 0.160. The Balaban J connectivity index is 1.51. The highest BCUT2D eigenvalue weighted by Gasteiger charge is 2.67. The topological polar surface area (TPSA) is 87.3 Å². The third-order valence-corrected chi connectivity index (χ3v) is 7.30. The molecule has 3 aromatic rings. The summed E-state index contributed by atoms with van der Waals surface area (Å²) < 4.78 is 12.9. The van der Waals surface area contributed by atoms with Crippen molar-refractivity contribution in [3.63, 3.8) is 0 Å². The Bertz CT molecular complexity index is 1410. The van der Waals surface area contributed by atoms with E-state index in [9.17, 15) is 18.8 Å². The molecule has 0 bridgehead atoms. The minimum absolute atomic E-state index is 0.0271. The van der Waals surface area contributed by atoms with E-state index in [0.29, 0.717) is 21.3 Å². The molecule has 6 nitrogen and oxygen atoms in total. The first-order valence-electron chi connectivity index (χ1n) is 10.7. The van der Waals surface area contributed by atoms with E-state index in [4.69, 9.17) is 58.0 Å². The molecular weight excluding hydrogens is 587 g/mol. The molecule has 4 rings (SSSR count). The summed E-state index contributed by atoms with van der Waals surface area (Å²) in [7, 11) is 0. The summed E-state index contributed by atoms with van der Waals surface area (Å²) in [5.41, 5.74) is 0.952. The number of carbonyl (C=O) groups is 3. The molecule has 0 radical (unpaired) electrons. The SMILES string of the molecule is CC(=O)Nc1ccc(F)c(NC(=O)c2cc(NC(=O)[C@H]3[C@H](c4cc(Cl)cc(Cl)c4)C3(Cl)Cl)ccc2Cl)c1. The average Bonchev–Trinajstić information content (AvgIpc) is 3.38. The highest BCUT2D eigenvalue weighted by molar-refractivity contribution is 6.53. The molecule has 3 N–H and O–H groups in total. The molecule has 12 heteroatoms. The van der Waals surface area contributed by atoms with Crippen molar-refractivity contribution in [1.82, 2.24) is 0 Å². The molecule has 0 unspecified atom stereocenters. The molecule has 0 aliphatic heterocycles. The molecule has 3 aromatic carbocycles. The third kappa shape index (κ3) is 6.13. The quantitative estimate of drug-likeness (QED) is 0.255. The van der Waals surface area contributed by atoms with Gasteiger partial charge in [-0.25, -0.2) is 4.39 Å². The number of hydrogen-bond acceptors (Lipinski definition) is 3. The van der Waals surface area contributed by atoms with E-state index in [-0.39, 0.29) is 27.9 Å². The number of benzene rings is 3. The monoisotopic (exact) mass is 601 g/mol. The van der Waals surface area contributed by atoms with Crippen molar-refractivity contribution in [2.24, 2.45) is 5.92 Å². The Morgan fingerprint density at radius 1 is 0.838 bits per heavy atom. The number of rotatable bonds is 6. The fourth-order valence-electron chi connectivity index (χ4n) is 3.91. The molecule has 3 amide bonds. The summed E-state index contributed by atoms with van der Waals surface area (Å²) in [6.45, 7) is 1.30. The van der Waals surface area contributed by atoms with Gasteiger partial charge in [0.25, 0.3) is 5.91 Å². The van der Waals surface area contributed by atoms with Gasteiger partial charge < -0.3 is 16.0 Å². The first kappa shape index (κ1) is 27.5. The van der Waals surface area contributed by atoms with E-state index < -0.39 is 33.8 Å². The van der Waals surface area contributed by atoms with Gasteiger partial charge in [-0.2, -0.15) is 0 Å². The van der Waals surface area contributed by atoms with Gasteiger partial charge in [0.15, 0.2) is 0 Å². The van der Waals surface area contributed by atoms with Crippen LogP contribution >= 0.6 is 58.0 Å². The Labute approximate surface area is 236 Å². The lowest BCUT2D eigenvalue weighted by atomic mass is 10.1. The predicted octanol–water partition coefficient (Wildman–Crippen LogP) is 7.52. The maximum atomic E-state index is 14.3. The van der Waals surface area contributed by atoms with Crippen molar-refractivity contribution >= 4 is 92.8 Å². The molecule has 0 heterocycles. The van der Waals surface area contributed by atoms with Crippen molar-refractivity contribution in [3.05, 3.63) is 86.6 Å². The smallest absolute Gasteiger partial charge is 0.257 e. The van der Waals surface area contributed by atoms with E-state index >= 15 is 0 Å². The lowest BCUT2D eigenvalue weighted by molar-refractivity contribution is -0.117. The van der Waals surface area contributed by atoms with Gasteiger partial charge in [-0.1, -0.05) is 34.8 Å². The van der Waals surface area contributed by atoms with Crippen molar-refractivity contribution in [1.29, 1.82) is 0 Å². The molecule has 192 valence electrons. The largest absolute Gasteiger partial charge is 0.326 e. The number of hydrogen-bond donors (Lipinski definition) is 3. The van der Waals surface area contributed by atoms with Gasteiger partial charge in [-0.3, -0.25) is 14.4 Å². The predicted molar refractivity (Wildman–Crippen MR) is 146 cm³/mol. The molecule has 1 saturated carbocycles. The number of amides is 3. The van der Waals surface area contributed by atoms with Crippen LogP contribution in [0.25, 0.3) is 0 Å². The van der Waals surface area contributed by atoms with Crippen molar-refractivity contribution in [2.45, 2.75) is 17.2 Å². The normalized spacial score (nSPS) is 17.6. The molecule has 1 fully saturated rings. The summed E-state index contributed by atoms with van der Waals surface area (Å²) >= 11 is 31.1. The van der Waals surface area contributed by atoms with Gasteiger partial charge in [0.1, 0.15) is 10.2 Å². The van der Waals surface area contributed by atoms with Crippen LogP contribution in [0.1, 0.15) is 28.8 Å². The van der Waals surface area contributed by atoms with Crippen LogP contribution in [-0.2, 0) is 9.59 Å². The van der Waals surface area contributed by atoms with Crippen molar-refractivity contribution < 1.29 is 18.8 Å². The van der Waals surface area contributed by atoms with E-state index in [1.807, 2.05) is 0 Å². The van der Waals surface area contributed by atoms with Crippen LogP contribution in [-0.4, -0.2) is 22.1 Å². The zero-order valence-electron chi connectivity index (χ0n) is 18.8. The van der Waals surface area contributed by atoms with Crippen LogP contribution < -0.4 is 16.0 Å². The van der Waals surface area contributed by atoms with Gasteiger partial charge in [-0.15, -0.1) is 23.2 Å². The number of carbonyl (C=O) groups excluding carboxylic acids is 3. The lowest BCUT2D eigenvalue weighted by Gasteiger charge is -2.12. The summed E-state index contributed by atoms with van der Waals surface area (Å²) in [4.78, 5) is 37.2. The number of nitrogens with one attached hydrogen (secondary N) is 3. The highest BCUT2D eigenvalue weighted by Crippen LogP contribution is 2.65. The molecule has 0 aromatic heterocycles. The van der Waals surface area contributed by atoms with Crippen LogP contribution in [0.4, 0.5) is 21.5 Å². The summed E-state index contributed by atoms with van der Waals surface area (Å²) in [6, 6.07) is 12.8. The van der Waals surface area contributed by atoms with Gasteiger partial charge in [0.2, 0.25) is 11.8 Å². The maximum absolute atomic E-state index is 14.3. The van der Waals surface area contributed by atoms with Crippen LogP contribution in [0.2, 0.25) is 15.1 Å². The minimum Gasteiger partial charge on any atom is -0.326 e. The standard InChI is InChI=1S/C25H17Cl5FN3O3/c1-11(35)32-16-3-5-19(31)20(10-16)34-23(36)17-9-15(2-4-18(17)28)33-24(37)22-21(25(22,29)30)12-6-13(26)8-14(27)7-12/h2-10,21-22H,1H3,(H,32,35)(H,33,37)(H,34,36)/t21-,22+/m0/s1. The maximum Gasteiger partial charge on any atom is 0.257 e. The van der Waals surface area contributed by atoms with Crippen molar-refractivity contribution in [2.75, 3.05) is 16.0 Å². The Morgan fingerprint density at radius 2 is 1.46 bits per heavy atom. The van der Waals surface area contributed by atoms with E-state index in [1.165, 1.54) is 37.3 Å². The number of halogens is 6. The average molecular weight is 604 g/mol. The fourth-order valence-corrected chi connectivity index (χ4v) is 5.49. The van der Waals surface area contributed by atoms with E-state index in [1.54, 1.807) is 18.2 Å². The molecule has 2 atom stereocenters. The minimum atomic E-state index is -1.39. The molecular formula is C25H17Cl5FN3O3. The van der Waals surface area contributed by atoms with E-state index in [0.717, 1.165) is 6.07 Å². The zero-order chi connectivity index (χ0) is 27.1. The molecule has 1 aliphatic carbocycles. The van der Waals surface area contributed by atoms with Crippen LogP contribution in [0.3, 0.4) is 0 Å². The van der Waals surface area contributed by atoms with Gasteiger partial charge in [-0.05, 0) is 60.2 Å². The number of anilines is 3. The highest BCUT2D eigenvalue weighted by atomic mass is 35.5. The number of alkyl halides is 2. The van der Waals surface area contributed by atoms with Gasteiger partial charge >= 0.3 is 0 Å². The van der Waals surface area contributed by atoms with E-state index in [2.05, 4.69) is 16.0 Å². The first-order valence-corrected chi connectivity index (χ1v) is 12.6. The van der Waals surface area contributed by atoms with Gasteiger partial charge in [0.05, 0.1) is 22.2 Å². The summed E-state index contributed by atoms with van der Waals surface area (Å²) in [5.74, 6) is -3.67. The lowest BCUT2D eigenvalue weighted by Crippen LogP contribution is -2.18. The Hall–Kier alpha value is -2.55. The zero-order valence-corrected chi connectivity index (χ0v) is 22.6. The molecule has 1 aliphatic rings. The second-order valence-electron chi connectivity index (χ2n) is 8.35. The van der Waals surface area contributed by atoms with Crippen LogP contribution in [0, 0.1) is 11.7 Å². The summed E-state index contributed by atoms with van der Waals surface area (Å²) in [5, 5.41) is 8.43. The first-order chi connectivity index (χ1) is 17.4.